The molecule has 4 rings (SSSR count). The van der Waals surface area contributed by atoms with Gasteiger partial charge >= 0.3 is 0 Å². The number of nitrogens with zero attached hydrogens (tertiary/aromatic N) is 3. The van der Waals surface area contributed by atoms with E-state index >= 15 is 0 Å². The second-order valence-electron chi connectivity index (χ2n) is 8.59. The maximum atomic E-state index is 9.99. The molecular formula is C24H30Cl2N6O3. The summed E-state index contributed by atoms with van der Waals surface area (Å²) in [5, 5.41) is 24.7. The monoisotopic (exact) mass is 520 g/mol. The summed E-state index contributed by atoms with van der Waals surface area (Å²) < 4.78 is 11.2. The van der Waals surface area contributed by atoms with E-state index in [0.29, 0.717) is 56.7 Å². The number of likely N-dealkylation sites (N-methyl/N-ethyl adjacent to an activating group) is 1. The number of hydrogen-bond donors (Lipinski definition) is 4. The summed E-state index contributed by atoms with van der Waals surface area (Å²) in [4.78, 5) is 9.56. The van der Waals surface area contributed by atoms with Crippen LogP contribution in [-0.2, 0) is 0 Å². The van der Waals surface area contributed by atoms with Crippen molar-refractivity contribution in [1.29, 1.82) is 0 Å². The van der Waals surface area contributed by atoms with Crippen LogP contribution in [0, 0.1) is 13.8 Å². The molecule has 3 heterocycles. The van der Waals surface area contributed by atoms with Crippen molar-refractivity contribution in [2.24, 2.45) is 0 Å². The molecule has 9 nitrogen and oxygen atoms in total. The molecule has 4 N–H and O–H groups in total. The van der Waals surface area contributed by atoms with Crippen molar-refractivity contribution in [3.05, 3.63) is 39.7 Å². The number of nitrogens with one attached hydrogen (secondary N) is 3. The topological polar surface area (TPSA) is 117 Å². The molecule has 1 aromatic carbocycles. The smallest absolute Gasteiger partial charge is 0.163 e. The molecule has 0 bridgehead atoms. The van der Waals surface area contributed by atoms with Crippen LogP contribution in [0.1, 0.15) is 24.3 Å². The van der Waals surface area contributed by atoms with Crippen LogP contribution < -0.4 is 20.7 Å². The van der Waals surface area contributed by atoms with Gasteiger partial charge in [0.25, 0.3) is 0 Å². The molecule has 0 amide bonds. The minimum Gasteiger partial charge on any atom is -0.491 e. The lowest BCUT2D eigenvalue weighted by Gasteiger charge is -2.25. The molecule has 1 saturated heterocycles. The minimum absolute atomic E-state index is 0.135. The molecule has 1 fully saturated rings. The van der Waals surface area contributed by atoms with Crippen molar-refractivity contribution in [2.45, 2.75) is 38.8 Å². The van der Waals surface area contributed by atoms with Crippen LogP contribution in [0.3, 0.4) is 0 Å². The number of anilines is 1. The Kier molecular flexibility index (Phi) is 8.46. The van der Waals surface area contributed by atoms with Gasteiger partial charge in [0, 0.05) is 18.2 Å². The lowest BCUT2D eigenvalue weighted by Crippen LogP contribution is -2.35. The van der Waals surface area contributed by atoms with Gasteiger partial charge in [0.05, 0.1) is 16.3 Å². The van der Waals surface area contributed by atoms with Gasteiger partial charge in [0.1, 0.15) is 40.8 Å². The summed E-state index contributed by atoms with van der Waals surface area (Å²) in [6.07, 6.45) is 1.27. The number of halogens is 2. The number of hydrogen-bond acceptors (Lipinski definition) is 9. The number of aromatic nitrogens is 3. The molecule has 3 aromatic rings. The molecule has 1 atom stereocenters. The van der Waals surface area contributed by atoms with Gasteiger partial charge in [0.15, 0.2) is 5.82 Å². The fourth-order valence-corrected chi connectivity index (χ4v) is 4.50. The molecule has 1 aliphatic heterocycles. The normalized spacial score (nSPS) is 15.3. The maximum Gasteiger partial charge on any atom is 0.163 e. The van der Waals surface area contributed by atoms with E-state index in [1.807, 2.05) is 13.8 Å². The SMILES string of the molecule is CNC[C@@H](O)COc1ccc(Cl)c(-c2nc(NC3CCNCC3)c(Cl)c(-c3c(C)noc3C)n2)c1. The summed E-state index contributed by atoms with van der Waals surface area (Å²) in [5.41, 5.74) is 2.52. The van der Waals surface area contributed by atoms with Crippen LogP contribution in [0.5, 0.6) is 5.75 Å². The second kappa shape index (κ2) is 11.5. The van der Waals surface area contributed by atoms with Crippen molar-refractivity contribution >= 4 is 29.0 Å². The number of aliphatic hydroxyl groups is 1. The van der Waals surface area contributed by atoms with Crippen LogP contribution in [-0.4, -0.2) is 65.7 Å². The Morgan fingerprint density at radius 1 is 1.23 bits per heavy atom. The number of aryl methyl sites for hydroxylation is 2. The Labute approximate surface area is 214 Å². The zero-order valence-electron chi connectivity index (χ0n) is 20.0. The van der Waals surface area contributed by atoms with Gasteiger partial charge in [0.2, 0.25) is 0 Å². The molecule has 0 spiro atoms. The fourth-order valence-electron chi connectivity index (χ4n) is 4.06. The van der Waals surface area contributed by atoms with Crippen molar-refractivity contribution in [1.82, 2.24) is 25.8 Å². The van der Waals surface area contributed by atoms with E-state index < -0.39 is 6.10 Å². The minimum atomic E-state index is -0.641. The van der Waals surface area contributed by atoms with Gasteiger partial charge in [-0.3, -0.25) is 0 Å². The summed E-state index contributed by atoms with van der Waals surface area (Å²) in [7, 11) is 1.77. The first-order valence-electron chi connectivity index (χ1n) is 11.6. The maximum absolute atomic E-state index is 9.99. The van der Waals surface area contributed by atoms with E-state index in [1.54, 1.807) is 25.2 Å². The number of aliphatic hydroxyl groups excluding tert-OH is 1. The molecule has 0 unspecified atom stereocenters. The van der Waals surface area contributed by atoms with E-state index in [4.69, 9.17) is 42.4 Å². The zero-order chi connectivity index (χ0) is 24.9. The highest BCUT2D eigenvalue weighted by molar-refractivity contribution is 6.35. The van der Waals surface area contributed by atoms with Gasteiger partial charge < -0.3 is 30.3 Å². The first-order chi connectivity index (χ1) is 16.9. The Morgan fingerprint density at radius 2 is 2.00 bits per heavy atom. The molecule has 35 heavy (non-hydrogen) atoms. The highest BCUT2D eigenvalue weighted by atomic mass is 35.5. The number of ether oxygens (including phenoxy) is 1. The third-order valence-corrected chi connectivity index (χ3v) is 6.55. The molecule has 11 heteroatoms. The Hall–Kier alpha value is -2.43. The predicted octanol–water partition coefficient (Wildman–Crippen LogP) is 3.85. The quantitative estimate of drug-likeness (QED) is 0.333. The average Bonchev–Trinajstić information content (AvgIpc) is 3.18. The van der Waals surface area contributed by atoms with Crippen LogP contribution in [0.15, 0.2) is 22.7 Å². The molecular weight excluding hydrogens is 491 g/mol. The van der Waals surface area contributed by atoms with E-state index in [2.05, 4.69) is 21.1 Å². The van der Waals surface area contributed by atoms with E-state index in [0.717, 1.165) is 31.5 Å². The first kappa shape index (κ1) is 25.7. The molecule has 0 aliphatic carbocycles. The van der Waals surface area contributed by atoms with Crippen LogP contribution >= 0.6 is 23.2 Å². The average molecular weight is 521 g/mol. The Balaban J connectivity index is 1.76. The van der Waals surface area contributed by atoms with Crippen molar-refractivity contribution in [3.63, 3.8) is 0 Å². The van der Waals surface area contributed by atoms with E-state index in [-0.39, 0.29) is 12.6 Å². The Morgan fingerprint density at radius 3 is 2.69 bits per heavy atom. The van der Waals surface area contributed by atoms with Gasteiger partial charge in [-0.1, -0.05) is 28.4 Å². The lowest BCUT2D eigenvalue weighted by atomic mass is 10.1. The first-order valence-corrected chi connectivity index (χ1v) is 12.4. The largest absolute Gasteiger partial charge is 0.491 e. The zero-order valence-corrected chi connectivity index (χ0v) is 21.5. The molecule has 1 aliphatic rings. The van der Waals surface area contributed by atoms with Gasteiger partial charge in [-0.05, 0) is 65.0 Å². The van der Waals surface area contributed by atoms with Crippen molar-refractivity contribution < 1.29 is 14.4 Å². The molecule has 0 radical (unpaired) electrons. The number of rotatable bonds is 9. The highest BCUT2D eigenvalue weighted by Crippen LogP contribution is 2.39. The van der Waals surface area contributed by atoms with Crippen LogP contribution in [0.2, 0.25) is 10.0 Å². The van der Waals surface area contributed by atoms with Gasteiger partial charge in [-0.2, -0.15) is 0 Å². The van der Waals surface area contributed by atoms with Gasteiger partial charge in [-0.15, -0.1) is 0 Å². The van der Waals surface area contributed by atoms with E-state index in [9.17, 15) is 5.11 Å². The lowest BCUT2D eigenvalue weighted by molar-refractivity contribution is 0.108. The van der Waals surface area contributed by atoms with Crippen molar-refractivity contribution in [2.75, 3.05) is 38.6 Å². The second-order valence-corrected chi connectivity index (χ2v) is 9.38. The molecule has 188 valence electrons. The predicted molar refractivity (Wildman–Crippen MR) is 137 cm³/mol. The summed E-state index contributed by atoms with van der Waals surface area (Å²) in [5.74, 6) is 2.09. The number of piperidine rings is 1. The standard InChI is InChI=1S/C24H30Cl2N6O3/c1-13-20(14(2)35-32-13)22-21(26)24(29-15-6-8-28-9-7-15)31-23(30-22)18-10-17(4-5-19(18)25)34-12-16(33)11-27-3/h4-5,10,15-16,27-28,33H,6-9,11-12H2,1-3H3,(H,29,30,31)/t16-/m1/s1. The van der Waals surface area contributed by atoms with Gasteiger partial charge in [-0.25, -0.2) is 9.97 Å². The summed E-state index contributed by atoms with van der Waals surface area (Å²) in [6, 6.07) is 5.47. The Bertz CT molecular complexity index is 1150. The van der Waals surface area contributed by atoms with E-state index in [1.165, 1.54) is 0 Å². The number of benzene rings is 1. The summed E-state index contributed by atoms with van der Waals surface area (Å²) in [6.45, 7) is 6.08. The third kappa shape index (κ3) is 6.05. The molecule has 2 aromatic heterocycles. The van der Waals surface area contributed by atoms with Crippen molar-refractivity contribution in [3.8, 4) is 28.4 Å². The van der Waals surface area contributed by atoms with Crippen LogP contribution in [0.4, 0.5) is 5.82 Å². The molecule has 0 saturated carbocycles. The third-order valence-electron chi connectivity index (χ3n) is 5.86. The highest BCUT2D eigenvalue weighted by Gasteiger charge is 2.24. The summed E-state index contributed by atoms with van der Waals surface area (Å²) >= 11 is 13.4. The van der Waals surface area contributed by atoms with Crippen LogP contribution in [0.25, 0.3) is 22.6 Å². The fraction of sp³-hybridized carbons (Fsp3) is 0.458.